The first-order valence-electron chi connectivity index (χ1n) is 11.5. The Balaban J connectivity index is 1.70. The molecule has 0 bridgehead atoms. The van der Waals surface area contributed by atoms with E-state index in [-0.39, 0.29) is 29.1 Å². The number of ether oxygens (including phenoxy) is 2. The molecule has 1 unspecified atom stereocenters. The largest absolute Gasteiger partial charge is 0.507 e. The third-order valence-electron chi connectivity index (χ3n) is 6.36. The summed E-state index contributed by atoms with van der Waals surface area (Å²) in [6, 6.07) is 8.18. The molecule has 0 aromatic heterocycles. The van der Waals surface area contributed by atoms with Crippen LogP contribution in [0.25, 0.3) is 5.76 Å². The number of likely N-dealkylation sites (tertiary alicyclic amines) is 1. The molecule has 1 N–H and O–H groups in total. The summed E-state index contributed by atoms with van der Waals surface area (Å²) in [6.45, 7) is 3.71. The van der Waals surface area contributed by atoms with Crippen molar-refractivity contribution in [1.29, 1.82) is 0 Å². The van der Waals surface area contributed by atoms with Crippen molar-refractivity contribution in [2.45, 2.75) is 12.5 Å². The first-order chi connectivity index (χ1) is 17.3. The number of benzene rings is 2. The van der Waals surface area contributed by atoms with Gasteiger partial charge in [-0.05, 0) is 42.3 Å². The van der Waals surface area contributed by atoms with E-state index in [1.54, 1.807) is 0 Å². The number of amides is 1. The van der Waals surface area contributed by atoms with Gasteiger partial charge < -0.3 is 19.5 Å². The molecule has 2 saturated heterocycles. The van der Waals surface area contributed by atoms with Gasteiger partial charge in [-0.25, -0.2) is 4.39 Å². The molecule has 36 heavy (non-hydrogen) atoms. The van der Waals surface area contributed by atoms with E-state index in [0.717, 1.165) is 19.2 Å². The number of aliphatic hydroxyl groups is 1. The Hall–Kier alpha value is -3.83. The van der Waals surface area contributed by atoms with E-state index < -0.39 is 34.2 Å². The van der Waals surface area contributed by atoms with Crippen molar-refractivity contribution in [3.8, 4) is 5.75 Å². The van der Waals surface area contributed by atoms with Crippen LogP contribution in [0.5, 0.6) is 5.75 Å². The zero-order chi connectivity index (χ0) is 25.8. The molecular weight excluding hydrogens is 473 g/mol. The molecule has 4 rings (SSSR count). The van der Waals surface area contributed by atoms with Crippen LogP contribution in [-0.2, 0) is 14.3 Å². The van der Waals surface area contributed by atoms with Crippen molar-refractivity contribution in [1.82, 2.24) is 9.80 Å². The number of rotatable bonds is 8. The van der Waals surface area contributed by atoms with Gasteiger partial charge in [0, 0.05) is 43.9 Å². The predicted molar refractivity (Wildman–Crippen MR) is 127 cm³/mol. The minimum absolute atomic E-state index is 0.00604. The van der Waals surface area contributed by atoms with Crippen molar-refractivity contribution in [2.75, 3.05) is 46.5 Å². The van der Waals surface area contributed by atoms with Crippen LogP contribution in [0.15, 0.2) is 48.0 Å². The number of methoxy groups -OCH3 is 1. The summed E-state index contributed by atoms with van der Waals surface area (Å²) in [7, 11) is 1.30. The Bertz CT molecular complexity index is 1190. The number of halogens is 1. The fraction of sp³-hybridized carbons (Fsp3) is 0.360. The monoisotopic (exact) mass is 499 g/mol. The molecular formula is C25H26FN3O7. The van der Waals surface area contributed by atoms with Crippen LogP contribution in [0.4, 0.5) is 10.1 Å². The normalized spacial score (nSPS) is 20.1. The topological polar surface area (TPSA) is 122 Å². The zero-order valence-electron chi connectivity index (χ0n) is 19.7. The number of nitrogens with zero attached hydrogens (tertiary/aromatic N) is 3. The minimum Gasteiger partial charge on any atom is -0.507 e. The molecule has 1 amide bonds. The zero-order valence-corrected chi connectivity index (χ0v) is 19.7. The third kappa shape index (κ3) is 5.07. The second-order valence-electron chi connectivity index (χ2n) is 8.50. The van der Waals surface area contributed by atoms with E-state index in [9.17, 15) is 29.2 Å². The quantitative estimate of drug-likeness (QED) is 0.193. The second kappa shape index (κ2) is 10.8. The van der Waals surface area contributed by atoms with Gasteiger partial charge in [0.25, 0.3) is 17.4 Å². The number of ketones is 1. The molecule has 0 spiro atoms. The van der Waals surface area contributed by atoms with E-state index in [1.807, 2.05) is 0 Å². The van der Waals surface area contributed by atoms with Crippen molar-refractivity contribution in [3.05, 3.63) is 75.1 Å². The standard InChI is InChI=1S/C25H26FN3O7/c1-35-20-8-5-17(15-19(20)26)23(30)21-22(16-3-6-18(7-4-16)29(33)34)28(25(32)24(21)31)10-2-9-27-11-13-36-14-12-27/h3-8,15,22,30H,2,9-14H2,1H3. The average molecular weight is 499 g/mol. The number of hydrogen-bond donors (Lipinski definition) is 1. The highest BCUT2D eigenvalue weighted by molar-refractivity contribution is 6.46. The Morgan fingerprint density at radius 3 is 2.47 bits per heavy atom. The van der Waals surface area contributed by atoms with E-state index >= 15 is 0 Å². The molecule has 190 valence electrons. The Kier molecular flexibility index (Phi) is 7.61. The maximum Gasteiger partial charge on any atom is 0.295 e. The third-order valence-corrected chi connectivity index (χ3v) is 6.36. The Morgan fingerprint density at radius 2 is 1.86 bits per heavy atom. The molecule has 2 aliphatic rings. The first-order valence-corrected chi connectivity index (χ1v) is 11.5. The number of nitro benzene ring substituents is 1. The summed E-state index contributed by atoms with van der Waals surface area (Å²) >= 11 is 0. The molecule has 0 radical (unpaired) electrons. The number of Topliss-reactive ketones (excluding diaryl/α,β-unsaturated/α-hetero) is 1. The number of carbonyl (C=O) groups excluding carboxylic acids is 2. The van der Waals surface area contributed by atoms with Gasteiger partial charge in [-0.3, -0.25) is 24.6 Å². The summed E-state index contributed by atoms with van der Waals surface area (Å²) < 4.78 is 24.6. The Labute approximate surface area is 206 Å². The highest BCUT2D eigenvalue weighted by Crippen LogP contribution is 2.40. The lowest BCUT2D eigenvalue weighted by Crippen LogP contribution is -2.38. The maximum absolute atomic E-state index is 14.3. The van der Waals surface area contributed by atoms with E-state index in [4.69, 9.17) is 9.47 Å². The highest BCUT2D eigenvalue weighted by atomic mass is 19.1. The smallest absolute Gasteiger partial charge is 0.295 e. The molecule has 2 aliphatic heterocycles. The molecule has 10 nitrogen and oxygen atoms in total. The van der Waals surface area contributed by atoms with E-state index in [1.165, 1.54) is 48.4 Å². The molecule has 0 aliphatic carbocycles. The summed E-state index contributed by atoms with van der Waals surface area (Å²) in [5.41, 5.74) is 0.0678. The highest BCUT2D eigenvalue weighted by Gasteiger charge is 2.46. The van der Waals surface area contributed by atoms with Crippen LogP contribution in [0.1, 0.15) is 23.6 Å². The number of morpholine rings is 1. The molecule has 11 heteroatoms. The summed E-state index contributed by atoms with van der Waals surface area (Å²) in [5.74, 6) is -3.02. The van der Waals surface area contributed by atoms with Gasteiger partial charge >= 0.3 is 0 Å². The molecule has 2 aromatic rings. The van der Waals surface area contributed by atoms with Crippen molar-refractivity contribution in [3.63, 3.8) is 0 Å². The van der Waals surface area contributed by atoms with Crippen LogP contribution in [0, 0.1) is 15.9 Å². The van der Waals surface area contributed by atoms with E-state index in [0.29, 0.717) is 31.7 Å². The molecule has 1 atom stereocenters. The number of non-ortho nitro benzene ring substituents is 1. The average Bonchev–Trinajstić information content (AvgIpc) is 3.14. The number of aliphatic hydroxyl groups excluding tert-OH is 1. The lowest BCUT2D eigenvalue weighted by Gasteiger charge is -2.29. The number of hydrogen-bond acceptors (Lipinski definition) is 8. The maximum atomic E-state index is 14.3. The van der Waals surface area contributed by atoms with Crippen LogP contribution >= 0.6 is 0 Å². The van der Waals surface area contributed by atoms with Gasteiger partial charge in [0.1, 0.15) is 5.76 Å². The van der Waals surface area contributed by atoms with Gasteiger partial charge in [-0.15, -0.1) is 0 Å². The fourth-order valence-electron chi connectivity index (χ4n) is 4.49. The first kappa shape index (κ1) is 25.3. The lowest BCUT2D eigenvalue weighted by molar-refractivity contribution is -0.384. The number of nitro groups is 1. The van der Waals surface area contributed by atoms with Crippen LogP contribution in [0.2, 0.25) is 0 Å². The molecule has 2 heterocycles. The van der Waals surface area contributed by atoms with Crippen molar-refractivity contribution >= 4 is 23.1 Å². The predicted octanol–water partition coefficient (Wildman–Crippen LogP) is 2.89. The summed E-state index contributed by atoms with van der Waals surface area (Å²) in [5, 5.41) is 22.2. The lowest BCUT2D eigenvalue weighted by atomic mass is 9.95. The number of carbonyl (C=O) groups is 2. The Morgan fingerprint density at radius 1 is 1.17 bits per heavy atom. The fourth-order valence-corrected chi connectivity index (χ4v) is 4.49. The van der Waals surface area contributed by atoms with Crippen molar-refractivity contribution in [2.24, 2.45) is 0 Å². The minimum atomic E-state index is -0.986. The van der Waals surface area contributed by atoms with Gasteiger partial charge in [0.05, 0.1) is 36.9 Å². The van der Waals surface area contributed by atoms with Crippen LogP contribution < -0.4 is 4.74 Å². The second-order valence-corrected chi connectivity index (χ2v) is 8.50. The molecule has 0 saturated carbocycles. The van der Waals surface area contributed by atoms with E-state index in [2.05, 4.69) is 4.90 Å². The van der Waals surface area contributed by atoms with Crippen molar-refractivity contribution < 1.29 is 33.5 Å². The summed E-state index contributed by atoms with van der Waals surface area (Å²) in [4.78, 5) is 40.3. The molecule has 2 fully saturated rings. The van der Waals surface area contributed by atoms with Crippen LogP contribution in [0.3, 0.4) is 0 Å². The van der Waals surface area contributed by atoms with Gasteiger partial charge in [0.2, 0.25) is 0 Å². The summed E-state index contributed by atoms with van der Waals surface area (Å²) in [6.07, 6.45) is 0.563. The van der Waals surface area contributed by atoms with Crippen LogP contribution in [-0.4, -0.2) is 78.0 Å². The SMILES string of the molecule is COc1ccc(C(O)=C2C(=O)C(=O)N(CCCN3CCOCC3)C2c2ccc([N+](=O)[O-])cc2)cc1F. The van der Waals surface area contributed by atoms with Gasteiger partial charge in [0.15, 0.2) is 11.6 Å². The van der Waals surface area contributed by atoms with Gasteiger partial charge in [-0.1, -0.05) is 0 Å². The molecule has 2 aromatic carbocycles. The van der Waals surface area contributed by atoms with Gasteiger partial charge in [-0.2, -0.15) is 0 Å².